The van der Waals surface area contributed by atoms with Crippen molar-refractivity contribution >= 4 is 5.97 Å². The average Bonchev–Trinajstić information content (AvgIpc) is 2.07. The van der Waals surface area contributed by atoms with Crippen LogP contribution in [-0.2, 0) is 9.53 Å². The van der Waals surface area contributed by atoms with E-state index in [-0.39, 0.29) is 11.9 Å². The molecule has 0 radical (unpaired) electrons. The largest absolute Gasteiger partial charge is 0.466 e. The van der Waals surface area contributed by atoms with E-state index in [2.05, 4.69) is 13.8 Å². The highest BCUT2D eigenvalue weighted by molar-refractivity contribution is 5.72. The second-order valence-corrected chi connectivity index (χ2v) is 3.12. The first kappa shape index (κ1) is 11.5. The van der Waals surface area contributed by atoms with Crippen LogP contribution in [0.25, 0.3) is 0 Å². The highest BCUT2D eigenvalue weighted by Gasteiger charge is 2.21. The van der Waals surface area contributed by atoms with Gasteiger partial charge in [-0.15, -0.1) is 0 Å². The highest BCUT2D eigenvalue weighted by atomic mass is 16.5. The summed E-state index contributed by atoms with van der Waals surface area (Å²) in [5, 5.41) is 0. The second kappa shape index (κ2) is 6.04. The zero-order chi connectivity index (χ0) is 9.56. The Labute approximate surface area is 75.3 Å². The Hall–Kier alpha value is -0.530. The molecule has 0 aliphatic heterocycles. The number of esters is 1. The number of ether oxygens (including phenoxy) is 1. The quantitative estimate of drug-likeness (QED) is 0.596. The van der Waals surface area contributed by atoms with Gasteiger partial charge < -0.3 is 4.74 Å². The van der Waals surface area contributed by atoms with Crippen molar-refractivity contribution in [2.45, 2.75) is 40.5 Å². The summed E-state index contributed by atoms with van der Waals surface area (Å²) in [6, 6.07) is 0. The monoisotopic (exact) mass is 172 g/mol. The number of rotatable bonds is 5. The van der Waals surface area contributed by atoms with E-state index in [1.807, 2.05) is 13.8 Å². The zero-order valence-corrected chi connectivity index (χ0v) is 8.59. The number of hydrogen-bond donors (Lipinski definition) is 0. The number of hydrogen-bond acceptors (Lipinski definition) is 2. The van der Waals surface area contributed by atoms with Gasteiger partial charge >= 0.3 is 5.97 Å². The number of carbonyl (C=O) groups is 1. The van der Waals surface area contributed by atoms with E-state index in [0.717, 1.165) is 12.8 Å². The molecular formula is C10H20O2. The normalized spacial score (nSPS) is 13.1. The van der Waals surface area contributed by atoms with E-state index >= 15 is 0 Å². The standard InChI is InChI=1S/C10H20O2/c1-5-9(6-2)8(4)10(11)12-7-3/h8-9H,5-7H2,1-4H3/t8-/m0/s1. The third kappa shape index (κ3) is 3.24. The van der Waals surface area contributed by atoms with Crippen LogP contribution in [0.5, 0.6) is 0 Å². The van der Waals surface area contributed by atoms with Crippen LogP contribution in [0.2, 0.25) is 0 Å². The van der Waals surface area contributed by atoms with Gasteiger partial charge in [-0.1, -0.05) is 33.6 Å². The Kier molecular flexibility index (Phi) is 5.77. The van der Waals surface area contributed by atoms with Crippen molar-refractivity contribution in [3.8, 4) is 0 Å². The lowest BCUT2D eigenvalue weighted by atomic mass is 9.89. The first-order valence-corrected chi connectivity index (χ1v) is 4.83. The van der Waals surface area contributed by atoms with Crippen LogP contribution in [0, 0.1) is 11.8 Å². The third-order valence-electron chi connectivity index (χ3n) is 2.41. The van der Waals surface area contributed by atoms with Gasteiger partial charge in [-0.25, -0.2) is 0 Å². The lowest BCUT2D eigenvalue weighted by Crippen LogP contribution is -2.22. The Morgan fingerprint density at radius 3 is 2.08 bits per heavy atom. The molecule has 0 aliphatic carbocycles. The van der Waals surface area contributed by atoms with Crippen LogP contribution in [-0.4, -0.2) is 12.6 Å². The van der Waals surface area contributed by atoms with Gasteiger partial charge in [0.2, 0.25) is 0 Å². The van der Waals surface area contributed by atoms with Crippen LogP contribution in [0.15, 0.2) is 0 Å². The number of carbonyl (C=O) groups excluding carboxylic acids is 1. The topological polar surface area (TPSA) is 26.3 Å². The lowest BCUT2D eigenvalue weighted by molar-refractivity contribution is -0.149. The van der Waals surface area contributed by atoms with Gasteiger partial charge in [0.15, 0.2) is 0 Å². The van der Waals surface area contributed by atoms with Gasteiger partial charge in [0.05, 0.1) is 12.5 Å². The fourth-order valence-corrected chi connectivity index (χ4v) is 1.46. The molecule has 1 atom stereocenters. The molecule has 0 aromatic heterocycles. The summed E-state index contributed by atoms with van der Waals surface area (Å²) in [6.07, 6.45) is 2.10. The molecule has 0 N–H and O–H groups in total. The smallest absolute Gasteiger partial charge is 0.308 e. The molecule has 0 aliphatic rings. The van der Waals surface area contributed by atoms with Crippen molar-refractivity contribution in [2.75, 3.05) is 6.61 Å². The molecule has 0 heterocycles. The minimum atomic E-state index is -0.0498. The summed E-state index contributed by atoms with van der Waals surface area (Å²) in [7, 11) is 0. The average molecular weight is 172 g/mol. The van der Waals surface area contributed by atoms with Gasteiger partial charge in [0.1, 0.15) is 0 Å². The molecule has 0 saturated heterocycles. The van der Waals surface area contributed by atoms with Crippen molar-refractivity contribution < 1.29 is 9.53 Å². The van der Waals surface area contributed by atoms with E-state index in [1.54, 1.807) is 0 Å². The maximum atomic E-state index is 11.3. The predicted molar refractivity (Wildman–Crippen MR) is 49.9 cm³/mol. The first-order chi connectivity index (χ1) is 5.67. The van der Waals surface area contributed by atoms with Gasteiger partial charge in [-0.05, 0) is 12.8 Å². The summed E-state index contributed by atoms with van der Waals surface area (Å²) in [5.41, 5.74) is 0. The molecule has 0 fully saturated rings. The molecule has 0 spiro atoms. The molecule has 0 rings (SSSR count). The summed E-state index contributed by atoms with van der Waals surface area (Å²) in [6.45, 7) is 8.52. The molecule has 2 nitrogen and oxygen atoms in total. The van der Waals surface area contributed by atoms with Crippen molar-refractivity contribution in [1.29, 1.82) is 0 Å². The van der Waals surface area contributed by atoms with Crippen LogP contribution >= 0.6 is 0 Å². The van der Waals surface area contributed by atoms with Crippen LogP contribution in [0.4, 0.5) is 0 Å². The third-order valence-corrected chi connectivity index (χ3v) is 2.41. The molecule has 0 saturated carbocycles. The lowest BCUT2D eigenvalue weighted by Gasteiger charge is -2.18. The SMILES string of the molecule is CCOC(=O)[C@@H](C)C(CC)CC. The van der Waals surface area contributed by atoms with Crippen molar-refractivity contribution in [3.05, 3.63) is 0 Å². The molecule has 0 bridgehead atoms. The van der Waals surface area contributed by atoms with E-state index < -0.39 is 0 Å². The first-order valence-electron chi connectivity index (χ1n) is 4.83. The molecule has 12 heavy (non-hydrogen) atoms. The van der Waals surface area contributed by atoms with Gasteiger partial charge in [0, 0.05) is 0 Å². The van der Waals surface area contributed by atoms with E-state index in [4.69, 9.17) is 4.74 Å². The highest BCUT2D eigenvalue weighted by Crippen LogP contribution is 2.20. The maximum absolute atomic E-state index is 11.3. The van der Waals surface area contributed by atoms with E-state index in [1.165, 1.54) is 0 Å². The fraction of sp³-hybridized carbons (Fsp3) is 0.900. The molecule has 2 heteroatoms. The minimum absolute atomic E-state index is 0.0498. The fourth-order valence-electron chi connectivity index (χ4n) is 1.46. The molecule has 72 valence electrons. The molecule has 0 aromatic rings. The van der Waals surface area contributed by atoms with Crippen molar-refractivity contribution in [3.63, 3.8) is 0 Å². The Morgan fingerprint density at radius 1 is 1.25 bits per heavy atom. The summed E-state index contributed by atoms with van der Waals surface area (Å²) >= 11 is 0. The molecule has 0 unspecified atom stereocenters. The van der Waals surface area contributed by atoms with Crippen LogP contribution in [0.3, 0.4) is 0 Å². The second-order valence-electron chi connectivity index (χ2n) is 3.12. The predicted octanol–water partition coefficient (Wildman–Crippen LogP) is 2.62. The van der Waals surface area contributed by atoms with Gasteiger partial charge in [-0.3, -0.25) is 4.79 Å². The van der Waals surface area contributed by atoms with Crippen molar-refractivity contribution in [2.24, 2.45) is 11.8 Å². The van der Waals surface area contributed by atoms with Crippen LogP contribution in [0.1, 0.15) is 40.5 Å². The Bertz CT molecular complexity index is 128. The van der Waals surface area contributed by atoms with Gasteiger partial charge in [0.25, 0.3) is 0 Å². The summed E-state index contributed by atoms with van der Waals surface area (Å²) < 4.78 is 4.95. The van der Waals surface area contributed by atoms with Crippen molar-refractivity contribution in [1.82, 2.24) is 0 Å². The van der Waals surface area contributed by atoms with Gasteiger partial charge in [-0.2, -0.15) is 0 Å². The minimum Gasteiger partial charge on any atom is -0.466 e. The molecule has 0 aromatic carbocycles. The van der Waals surface area contributed by atoms with E-state index in [0.29, 0.717) is 12.5 Å². The Balaban J connectivity index is 3.96. The van der Waals surface area contributed by atoms with E-state index in [9.17, 15) is 4.79 Å². The maximum Gasteiger partial charge on any atom is 0.308 e. The molecular weight excluding hydrogens is 152 g/mol. The Morgan fingerprint density at radius 2 is 1.75 bits per heavy atom. The summed E-state index contributed by atoms with van der Waals surface area (Å²) in [4.78, 5) is 11.3. The summed E-state index contributed by atoms with van der Waals surface area (Å²) in [5.74, 6) is 0.482. The molecule has 0 amide bonds. The zero-order valence-electron chi connectivity index (χ0n) is 8.59. The van der Waals surface area contributed by atoms with Crippen LogP contribution < -0.4 is 0 Å².